The molecular formula is C20H18ClN3O2S. The van der Waals surface area contributed by atoms with Gasteiger partial charge in [0.2, 0.25) is 5.91 Å². The number of rotatable bonds is 3. The van der Waals surface area contributed by atoms with Crippen LogP contribution < -0.4 is 4.90 Å². The van der Waals surface area contributed by atoms with Gasteiger partial charge >= 0.3 is 0 Å². The molecule has 2 aliphatic rings. The van der Waals surface area contributed by atoms with Crippen LogP contribution in [0.5, 0.6) is 0 Å². The number of hydrogen-bond donors (Lipinski definition) is 0. The van der Waals surface area contributed by atoms with Crippen LogP contribution in [0.3, 0.4) is 0 Å². The van der Waals surface area contributed by atoms with Gasteiger partial charge in [0.25, 0.3) is 5.89 Å². The van der Waals surface area contributed by atoms with E-state index in [0.717, 1.165) is 23.4 Å². The monoisotopic (exact) mass is 399 g/mol. The average molecular weight is 400 g/mol. The minimum Gasteiger partial charge on any atom is -0.333 e. The minimum atomic E-state index is -0.0661. The number of nitrogens with zero attached hydrogens (tertiary/aromatic N) is 3. The zero-order valence-electron chi connectivity index (χ0n) is 14.7. The van der Waals surface area contributed by atoms with Gasteiger partial charge in [0.05, 0.1) is 4.88 Å². The molecule has 27 heavy (non-hydrogen) atoms. The number of anilines is 1. The summed E-state index contributed by atoms with van der Waals surface area (Å²) < 4.78 is 5.53. The molecule has 1 unspecified atom stereocenters. The molecule has 1 atom stereocenters. The van der Waals surface area contributed by atoms with Crippen molar-refractivity contribution >= 4 is 34.5 Å². The SMILES string of the molecule is O=C1CC(c2noc(-c3cc4c(s3)CCCC4)n2)CN1c1cccc(Cl)c1. The van der Waals surface area contributed by atoms with E-state index in [1.54, 1.807) is 28.4 Å². The maximum Gasteiger partial charge on any atom is 0.268 e. The van der Waals surface area contributed by atoms with E-state index in [1.807, 2.05) is 12.1 Å². The van der Waals surface area contributed by atoms with Crippen LogP contribution >= 0.6 is 22.9 Å². The van der Waals surface area contributed by atoms with Gasteiger partial charge in [-0.2, -0.15) is 4.98 Å². The summed E-state index contributed by atoms with van der Waals surface area (Å²) in [6.45, 7) is 0.541. The second-order valence-corrected chi connectivity index (χ2v) is 8.68. The van der Waals surface area contributed by atoms with Crippen molar-refractivity contribution in [3.8, 4) is 10.8 Å². The van der Waals surface area contributed by atoms with Crippen molar-refractivity contribution in [2.45, 2.75) is 38.0 Å². The molecule has 7 heteroatoms. The van der Waals surface area contributed by atoms with Crippen LogP contribution in [0.15, 0.2) is 34.9 Å². The maximum atomic E-state index is 12.5. The number of carbonyl (C=O) groups excluding carboxylic acids is 1. The Hall–Kier alpha value is -2.18. The van der Waals surface area contributed by atoms with Crippen LogP contribution in [-0.2, 0) is 17.6 Å². The highest BCUT2D eigenvalue weighted by Gasteiger charge is 2.35. The first-order valence-corrected chi connectivity index (χ1v) is 10.4. The molecule has 1 aromatic carbocycles. The Bertz CT molecular complexity index is 989. The smallest absolute Gasteiger partial charge is 0.268 e. The van der Waals surface area contributed by atoms with Crippen LogP contribution in [0.1, 0.15) is 41.4 Å². The molecule has 1 amide bonds. The molecule has 5 nitrogen and oxygen atoms in total. The third-order valence-electron chi connectivity index (χ3n) is 5.26. The van der Waals surface area contributed by atoms with Gasteiger partial charge < -0.3 is 9.42 Å². The van der Waals surface area contributed by atoms with Crippen molar-refractivity contribution in [2.75, 3.05) is 11.4 Å². The Balaban J connectivity index is 1.37. The third kappa shape index (κ3) is 3.17. The second kappa shape index (κ2) is 6.77. The van der Waals surface area contributed by atoms with Gasteiger partial charge in [-0.1, -0.05) is 22.8 Å². The summed E-state index contributed by atoms with van der Waals surface area (Å²) in [7, 11) is 0. The Morgan fingerprint density at radius 1 is 1.22 bits per heavy atom. The summed E-state index contributed by atoms with van der Waals surface area (Å²) in [5.41, 5.74) is 2.23. The van der Waals surface area contributed by atoms with Gasteiger partial charge in [-0.05, 0) is 55.5 Å². The molecule has 0 N–H and O–H groups in total. The van der Waals surface area contributed by atoms with Crippen LogP contribution in [0.25, 0.3) is 10.8 Å². The number of halogens is 1. The highest BCUT2D eigenvalue weighted by molar-refractivity contribution is 7.15. The summed E-state index contributed by atoms with van der Waals surface area (Å²) in [6.07, 6.45) is 5.17. The van der Waals surface area contributed by atoms with E-state index < -0.39 is 0 Å². The summed E-state index contributed by atoms with van der Waals surface area (Å²) >= 11 is 7.82. The number of aryl methyl sites for hydroxylation is 2. The standard InChI is InChI=1S/C20H18ClN3O2S/c21-14-5-3-6-15(10-14)24-11-13(9-18(24)25)19-22-20(26-23-19)17-8-12-4-1-2-7-16(12)27-17/h3,5-6,8,10,13H,1-2,4,7,9,11H2. The molecule has 3 aromatic rings. The molecule has 0 saturated carbocycles. The molecule has 1 aliphatic carbocycles. The summed E-state index contributed by atoms with van der Waals surface area (Å²) in [5.74, 6) is 1.16. The van der Waals surface area contributed by atoms with Crippen molar-refractivity contribution in [3.63, 3.8) is 0 Å². The quantitative estimate of drug-likeness (QED) is 0.631. The van der Waals surface area contributed by atoms with E-state index in [2.05, 4.69) is 16.2 Å². The van der Waals surface area contributed by atoms with Crippen LogP contribution in [0.4, 0.5) is 5.69 Å². The summed E-state index contributed by atoms with van der Waals surface area (Å²) in [5, 5.41) is 4.79. The first-order chi connectivity index (χ1) is 13.2. The molecule has 1 saturated heterocycles. The molecule has 1 fully saturated rings. The van der Waals surface area contributed by atoms with Gasteiger partial charge in [0.15, 0.2) is 5.82 Å². The molecule has 2 aromatic heterocycles. The van der Waals surface area contributed by atoms with Gasteiger partial charge in [0, 0.05) is 34.5 Å². The lowest BCUT2D eigenvalue weighted by molar-refractivity contribution is -0.117. The number of carbonyl (C=O) groups is 1. The van der Waals surface area contributed by atoms with E-state index in [9.17, 15) is 4.79 Å². The summed E-state index contributed by atoms with van der Waals surface area (Å²) in [4.78, 5) is 21.3. The van der Waals surface area contributed by atoms with E-state index in [0.29, 0.717) is 29.7 Å². The molecule has 3 heterocycles. The van der Waals surface area contributed by atoms with Crippen LogP contribution in [0, 0.1) is 0 Å². The Morgan fingerprint density at radius 2 is 2.11 bits per heavy atom. The first kappa shape index (κ1) is 17.0. The number of fused-ring (bicyclic) bond motifs is 1. The molecule has 1 aliphatic heterocycles. The number of amides is 1. The van der Waals surface area contributed by atoms with Crippen LogP contribution in [0.2, 0.25) is 5.02 Å². The largest absolute Gasteiger partial charge is 0.333 e. The Labute approximate surface area is 166 Å². The fourth-order valence-electron chi connectivity index (χ4n) is 3.87. The summed E-state index contributed by atoms with van der Waals surface area (Å²) in [6, 6.07) is 9.54. The first-order valence-electron chi connectivity index (χ1n) is 9.19. The van der Waals surface area contributed by atoms with Crippen molar-refractivity contribution in [3.05, 3.63) is 51.6 Å². The minimum absolute atomic E-state index is 0.0557. The Kier molecular flexibility index (Phi) is 4.25. The van der Waals surface area contributed by atoms with Crippen molar-refractivity contribution in [1.82, 2.24) is 10.1 Å². The highest BCUT2D eigenvalue weighted by Crippen LogP contribution is 2.37. The zero-order chi connectivity index (χ0) is 18.4. The zero-order valence-corrected chi connectivity index (χ0v) is 16.2. The van der Waals surface area contributed by atoms with Crippen molar-refractivity contribution in [1.29, 1.82) is 0 Å². The lowest BCUT2D eigenvalue weighted by Crippen LogP contribution is -2.24. The molecule has 138 valence electrons. The van der Waals surface area contributed by atoms with E-state index in [4.69, 9.17) is 16.1 Å². The third-order valence-corrected chi connectivity index (χ3v) is 6.72. The van der Waals surface area contributed by atoms with Gasteiger partial charge in [0.1, 0.15) is 0 Å². The Morgan fingerprint density at radius 3 is 2.96 bits per heavy atom. The van der Waals surface area contributed by atoms with Gasteiger partial charge in [-0.15, -0.1) is 11.3 Å². The van der Waals surface area contributed by atoms with E-state index in [-0.39, 0.29) is 11.8 Å². The molecule has 0 radical (unpaired) electrons. The fraction of sp³-hybridized carbons (Fsp3) is 0.350. The predicted molar refractivity (Wildman–Crippen MR) is 105 cm³/mol. The van der Waals surface area contributed by atoms with E-state index in [1.165, 1.54) is 23.3 Å². The lowest BCUT2D eigenvalue weighted by Gasteiger charge is -2.16. The number of benzene rings is 1. The number of aromatic nitrogens is 2. The number of thiophene rings is 1. The van der Waals surface area contributed by atoms with Crippen molar-refractivity contribution in [2.24, 2.45) is 0 Å². The van der Waals surface area contributed by atoms with Crippen molar-refractivity contribution < 1.29 is 9.32 Å². The molecule has 0 spiro atoms. The predicted octanol–water partition coefficient (Wildman–Crippen LogP) is 4.85. The molecule has 5 rings (SSSR count). The molecular weight excluding hydrogens is 382 g/mol. The van der Waals surface area contributed by atoms with Crippen LogP contribution in [-0.4, -0.2) is 22.6 Å². The van der Waals surface area contributed by atoms with Gasteiger partial charge in [-0.25, -0.2) is 0 Å². The molecule has 0 bridgehead atoms. The number of hydrogen-bond acceptors (Lipinski definition) is 5. The lowest BCUT2D eigenvalue weighted by atomic mass is 9.99. The second-order valence-electron chi connectivity index (χ2n) is 7.11. The average Bonchev–Trinajstić information content (AvgIpc) is 3.38. The fourth-order valence-corrected chi connectivity index (χ4v) is 5.23. The van der Waals surface area contributed by atoms with Gasteiger partial charge in [-0.3, -0.25) is 4.79 Å². The van der Waals surface area contributed by atoms with E-state index >= 15 is 0 Å². The topological polar surface area (TPSA) is 59.2 Å². The normalized spacial score (nSPS) is 19.5. The maximum absolute atomic E-state index is 12.5. The highest BCUT2D eigenvalue weighted by atomic mass is 35.5.